The van der Waals surface area contributed by atoms with Crippen LogP contribution in [0.5, 0.6) is 11.5 Å². The molecule has 146 valence electrons. The van der Waals surface area contributed by atoms with Gasteiger partial charge in [-0.1, -0.05) is 23.8 Å². The Kier molecular flexibility index (Phi) is 5.37. The molecule has 1 aliphatic rings. The topological polar surface area (TPSA) is 112 Å². The molecule has 0 aliphatic carbocycles. The van der Waals surface area contributed by atoms with E-state index >= 15 is 0 Å². The van der Waals surface area contributed by atoms with Gasteiger partial charge in [-0.3, -0.25) is 15.1 Å². The predicted octanol–water partition coefficient (Wildman–Crippen LogP) is 3.16. The third kappa shape index (κ3) is 3.56. The van der Waals surface area contributed by atoms with Gasteiger partial charge in [-0.15, -0.1) is 0 Å². The molecule has 29 heavy (non-hydrogen) atoms. The Bertz CT molecular complexity index is 1090. The number of methoxy groups -OCH3 is 2. The Morgan fingerprint density at radius 2 is 1.76 bits per heavy atom. The summed E-state index contributed by atoms with van der Waals surface area (Å²) < 4.78 is 10.6. The summed E-state index contributed by atoms with van der Waals surface area (Å²) in [4.78, 5) is 14.0. The molecule has 3 N–H and O–H groups in total. The molecule has 0 unspecified atom stereocenters. The summed E-state index contributed by atoms with van der Waals surface area (Å²) in [6.07, 6.45) is 1.64. The van der Waals surface area contributed by atoms with Gasteiger partial charge in [0, 0.05) is 5.57 Å². The van der Waals surface area contributed by atoms with Crippen molar-refractivity contribution in [2.75, 3.05) is 19.1 Å². The van der Waals surface area contributed by atoms with Crippen LogP contribution in [0.25, 0.3) is 6.08 Å². The summed E-state index contributed by atoms with van der Waals surface area (Å²) >= 11 is 0. The van der Waals surface area contributed by atoms with Gasteiger partial charge in [-0.05, 0) is 42.8 Å². The Morgan fingerprint density at radius 3 is 2.34 bits per heavy atom. The second-order valence-electron chi connectivity index (χ2n) is 6.40. The van der Waals surface area contributed by atoms with Gasteiger partial charge in [-0.2, -0.15) is 5.26 Å². The van der Waals surface area contributed by atoms with E-state index in [4.69, 9.17) is 20.6 Å². The molecule has 0 radical (unpaired) electrons. The number of nitrogens with two attached hydrogens (primary N) is 1. The minimum absolute atomic E-state index is 0.0272. The maximum atomic E-state index is 12.8. The molecule has 1 amide bonds. The van der Waals surface area contributed by atoms with E-state index in [1.165, 1.54) is 19.1 Å². The molecule has 1 aliphatic heterocycles. The van der Waals surface area contributed by atoms with Crippen LogP contribution in [-0.4, -0.2) is 26.0 Å². The second kappa shape index (κ2) is 7.90. The molecular weight excluding hydrogens is 368 g/mol. The summed E-state index contributed by atoms with van der Waals surface area (Å²) in [5.74, 6) is 0.346. The van der Waals surface area contributed by atoms with Crippen molar-refractivity contribution in [1.29, 1.82) is 10.7 Å². The van der Waals surface area contributed by atoms with E-state index in [0.29, 0.717) is 22.7 Å². The fourth-order valence-electron chi connectivity index (χ4n) is 3.01. The molecule has 0 saturated carbocycles. The highest BCUT2D eigenvalue weighted by molar-refractivity contribution is 6.33. The Hall–Kier alpha value is -4.05. The van der Waals surface area contributed by atoms with Gasteiger partial charge in [0.15, 0.2) is 11.5 Å². The van der Waals surface area contributed by atoms with Crippen molar-refractivity contribution in [3.63, 3.8) is 0 Å². The molecule has 0 aromatic heterocycles. The summed E-state index contributed by atoms with van der Waals surface area (Å²) in [5.41, 5.74) is 8.33. The zero-order valence-corrected chi connectivity index (χ0v) is 16.3. The number of amides is 1. The van der Waals surface area contributed by atoms with Crippen molar-refractivity contribution in [2.24, 2.45) is 5.73 Å². The minimum atomic E-state index is -0.622. The molecule has 0 bridgehead atoms. The summed E-state index contributed by atoms with van der Waals surface area (Å²) in [6.45, 7) is 1.92. The van der Waals surface area contributed by atoms with Gasteiger partial charge in [0.05, 0.1) is 25.6 Å². The number of carbonyl (C=O) groups is 1. The highest BCUT2D eigenvalue weighted by atomic mass is 16.5. The molecule has 1 heterocycles. The number of benzene rings is 2. The molecule has 2 aromatic carbocycles. The lowest BCUT2D eigenvalue weighted by Gasteiger charge is -2.29. The van der Waals surface area contributed by atoms with Crippen LogP contribution in [0.4, 0.5) is 5.69 Å². The third-order valence-corrected chi connectivity index (χ3v) is 4.58. The van der Waals surface area contributed by atoms with E-state index in [0.717, 1.165) is 5.56 Å². The first-order valence-electron chi connectivity index (χ1n) is 8.75. The van der Waals surface area contributed by atoms with Crippen molar-refractivity contribution in [3.8, 4) is 17.6 Å². The smallest absolute Gasteiger partial charge is 0.276 e. The zero-order chi connectivity index (χ0) is 21.1. The number of nitrogens with one attached hydrogen (secondary N) is 1. The number of hydrogen-bond donors (Lipinski definition) is 2. The van der Waals surface area contributed by atoms with Gasteiger partial charge in [0.2, 0.25) is 0 Å². The number of aryl methyl sites for hydroxylation is 1. The lowest BCUT2D eigenvalue weighted by molar-refractivity contribution is -0.114. The number of amidine groups is 1. The number of rotatable bonds is 4. The number of anilines is 1. The summed E-state index contributed by atoms with van der Waals surface area (Å²) in [6, 6.07) is 14.2. The van der Waals surface area contributed by atoms with Gasteiger partial charge < -0.3 is 15.2 Å². The van der Waals surface area contributed by atoms with Crippen molar-refractivity contribution < 1.29 is 14.3 Å². The van der Waals surface area contributed by atoms with Crippen LogP contribution in [0.1, 0.15) is 11.1 Å². The number of ether oxygens (including phenoxy) is 2. The lowest BCUT2D eigenvalue weighted by Crippen LogP contribution is -2.44. The van der Waals surface area contributed by atoms with Crippen molar-refractivity contribution in [2.45, 2.75) is 6.92 Å². The van der Waals surface area contributed by atoms with E-state index in [2.05, 4.69) is 0 Å². The number of nitrogens with zero attached hydrogens (tertiary/aromatic N) is 2. The van der Waals surface area contributed by atoms with Crippen LogP contribution in [0.15, 0.2) is 59.3 Å². The van der Waals surface area contributed by atoms with E-state index in [9.17, 15) is 10.1 Å². The van der Waals surface area contributed by atoms with Gasteiger partial charge >= 0.3 is 0 Å². The average molecular weight is 388 g/mol. The molecule has 0 atom stereocenters. The molecule has 7 heteroatoms. The highest BCUT2D eigenvalue weighted by Crippen LogP contribution is 2.32. The fraction of sp³-hybridized carbons (Fsp3) is 0.136. The van der Waals surface area contributed by atoms with Crippen LogP contribution in [0.2, 0.25) is 0 Å². The van der Waals surface area contributed by atoms with Crippen LogP contribution >= 0.6 is 0 Å². The number of carbonyl (C=O) groups excluding carboxylic acids is 1. The maximum absolute atomic E-state index is 12.8. The van der Waals surface area contributed by atoms with E-state index in [1.54, 1.807) is 36.4 Å². The fourth-order valence-corrected chi connectivity index (χ4v) is 3.01. The molecule has 0 spiro atoms. The van der Waals surface area contributed by atoms with E-state index in [-0.39, 0.29) is 22.7 Å². The van der Waals surface area contributed by atoms with Crippen LogP contribution in [-0.2, 0) is 4.79 Å². The van der Waals surface area contributed by atoms with Crippen LogP contribution < -0.4 is 20.1 Å². The quantitative estimate of drug-likeness (QED) is 0.835. The number of hydrogen-bond acceptors (Lipinski definition) is 6. The second-order valence-corrected chi connectivity index (χ2v) is 6.40. The summed E-state index contributed by atoms with van der Waals surface area (Å²) in [5, 5.41) is 18.1. The first-order chi connectivity index (χ1) is 13.9. The Labute approximate surface area is 168 Å². The highest BCUT2D eigenvalue weighted by Gasteiger charge is 2.34. The van der Waals surface area contributed by atoms with Gasteiger partial charge in [0.25, 0.3) is 5.91 Å². The van der Waals surface area contributed by atoms with Crippen LogP contribution in [0.3, 0.4) is 0 Å². The van der Waals surface area contributed by atoms with E-state index in [1.807, 2.05) is 25.1 Å². The standard InChI is InChI=1S/C22H20N4O3/c1-13-4-7-15(8-5-13)26-21(25)16(20(24)17(12-23)22(26)27)10-14-6-9-18(28-2)19(11-14)29-3/h4-11,25H,24H2,1-3H3. The normalized spacial score (nSPS) is 15.5. The monoisotopic (exact) mass is 388 g/mol. The first-order valence-corrected chi connectivity index (χ1v) is 8.75. The van der Waals surface area contributed by atoms with Gasteiger partial charge in [0.1, 0.15) is 17.5 Å². The SMILES string of the molecule is COc1ccc(C=C2C(=N)N(c3ccc(C)cc3)C(=O)C(C#N)=C2N)cc1OC. The molecule has 2 aromatic rings. The third-order valence-electron chi connectivity index (χ3n) is 4.58. The van der Waals surface area contributed by atoms with Crippen LogP contribution in [0, 0.1) is 23.7 Å². The lowest BCUT2D eigenvalue weighted by atomic mass is 9.97. The Balaban J connectivity index is 2.14. The molecule has 7 nitrogen and oxygen atoms in total. The number of nitriles is 1. The Morgan fingerprint density at radius 1 is 1.10 bits per heavy atom. The maximum Gasteiger partial charge on any atom is 0.276 e. The largest absolute Gasteiger partial charge is 0.493 e. The predicted molar refractivity (Wildman–Crippen MR) is 111 cm³/mol. The summed E-state index contributed by atoms with van der Waals surface area (Å²) in [7, 11) is 3.06. The van der Waals surface area contributed by atoms with Gasteiger partial charge in [-0.25, -0.2) is 0 Å². The van der Waals surface area contributed by atoms with Crippen molar-refractivity contribution >= 4 is 23.5 Å². The average Bonchev–Trinajstić information content (AvgIpc) is 2.72. The zero-order valence-electron chi connectivity index (χ0n) is 16.3. The van der Waals surface area contributed by atoms with Crippen molar-refractivity contribution in [3.05, 3.63) is 70.4 Å². The van der Waals surface area contributed by atoms with E-state index < -0.39 is 5.91 Å². The molecular formula is C22H20N4O3. The molecule has 0 fully saturated rings. The van der Waals surface area contributed by atoms with Crippen molar-refractivity contribution in [1.82, 2.24) is 0 Å². The molecule has 0 saturated heterocycles. The molecule has 3 rings (SSSR count). The first kappa shape index (κ1) is 19.7. The minimum Gasteiger partial charge on any atom is -0.493 e.